The molecule has 1 aromatic heterocycles. The molecule has 0 aliphatic rings. The molecular formula is C7H8F3N3. The summed E-state index contributed by atoms with van der Waals surface area (Å²) in [6.07, 6.45) is -2.86. The Morgan fingerprint density at radius 2 is 1.85 bits per heavy atom. The van der Waals surface area contributed by atoms with E-state index < -0.39 is 11.7 Å². The van der Waals surface area contributed by atoms with Gasteiger partial charge >= 0.3 is 6.18 Å². The monoisotopic (exact) mass is 191 g/mol. The van der Waals surface area contributed by atoms with Crippen molar-refractivity contribution in [2.75, 3.05) is 11.9 Å². The highest BCUT2D eigenvalue weighted by atomic mass is 19.4. The van der Waals surface area contributed by atoms with Crippen LogP contribution in [-0.2, 0) is 6.18 Å². The number of nitrogens with one attached hydrogen (secondary N) is 1. The van der Waals surface area contributed by atoms with Crippen LogP contribution in [0.4, 0.5) is 19.1 Å². The van der Waals surface area contributed by atoms with E-state index in [4.69, 9.17) is 0 Å². The van der Waals surface area contributed by atoms with Gasteiger partial charge in [0, 0.05) is 18.9 Å². The van der Waals surface area contributed by atoms with Crippen molar-refractivity contribution in [1.29, 1.82) is 0 Å². The normalized spacial score (nSPS) is 11.4. The summed E-state index contributed by atoms with van der Waals surface area (Å²) in [6, 6.07) is 0. The second kappa shape index (κ2) is 3.59. The second-order valence-electron chi connectivity index (χ2n) is 2.32. The van der Waals surface area contributed by atoms with Crippen molar-refractivity contribution >= 4 is 5.95 Å². The maximum absolute atomic E-state index is 12.0. The number of nitrogens with zero attached hydrogens (tertiary/aromatic N) is 2. The molecule has 0 unspecified atom stereocenters. The van der Waals surface area contributed by atoms with Crippen molar-refractivity contribution in [2.45, 2.75) is 13.1 Å². The van der Waals surface area contributed by atoms with Gasteiger partial charge in [-0.2, -0.15) is 13.2 Å². The van der Waals surface area contributed by atoms with E-state index in [1.54, 1.807) is 6.92 Å². The average Bonchev–Trinajstić information content (AvgIpc) is 2.04. The quantitative estimate of drug-likeness (QED) is 0.776. The minimum Gasteiger partial charge on any atom is -0.355 e. The number of hydrogen-bond acceptors (Lipinski definition) is 3. The zero-order chi connectivity index (χ0) is 9.90. The van der Waals surface area contributed by atoms with Gasteiger partial charge in [0.05, 0.1) is 5.56 Å². The van der Waals surface area contributed by atoms with Gasteiger partial charge in [-0.1, -0.05) is 0 Å². The SMILES string of the molecule is CCNc1ncc(C(F)(F)F)cn1. The molecule has 0 amide bonds. The van der Waals surface area contributed by atoms with Crippen LogP contribution in [0.15, 0.2) is 12.4 Å². The molecule has 3 nitrogen and oxygen atoms in total. The predicted octanol–water partition coefficient (Wildman–Crippen LogP) is 1.93. The first-order valence-electron chi connectivity index (χ1n) is 3.67. The van der Waals surface area contributed by atoms with Crippen LogP contribution in [0.2, 0.25) is 0 Å². The number of aromatic nitrogens is 2. The summed E-state index contributed by atoms with van der Waals surface area (Å²) in [7, 11) is 0. The topological polar surface area (TPSA) is 37.8 Å². The molecule has 0 aliphatic carbocycles. The lowest BCUT2D eigenvalue weighted by Gasteiger charge is -2.05. The highest BCUT2D eigenvalue weighted by molar-refractivity contribution is 5.25. The van der Waals surface area contributed by atoms with Gasteiger partial charge in [0.2, 0.25) is 5.95 Å². The van der Waals surface area contributed by atoms with E-state index in [0.717, 1.165) is 12.4 Å². The van der Waals surface area contributed by atoms with Crippen molar-refractivity contribution in [3.8, 4) is 0 Å². The number of halogens is 3. The van der Waals surface area contributed by atoms with Gasteiger partial charge in [-0.15, -0.1) is 0 Å². The van der Waals surface area contributed by atoms with E-state index in [2.05, 4.69) is 15.3 Å². The highest BCUT2D eigenvalue weighted by Gasteiger charge is 2.31. The molecule has 0 saturated carbocycles. The molecule has 1 heterocycles. The van der Waals surface area contributed by atoms with E-state index in [-0.39, 0.29) is 5.95 Å². The van der Waals surface area contributed by atoms with Crippen molar-refractivity contribution in [3.05, 3.63) is 18.0 Å². The summed E-state index contributed by atoms with van der Waals surface area (Å²) in [4.78, 5) is 6.99. The van der Waals surface area contributed by atoms with Gasteiger partial charge in [-0.3, -0.25) is 0 Å². The van der Waals surface area contributed by atoms with E-state index in [1.165, 1.54) is 0 Å². The van der Waals surface area contributed by atoms with Crippen molar-refractivity contribution in [1.82, 2.24) is 9.97 Å². The van der Waals surface area contributed by atoms with Gasteiger partial charge in [-0.25, -0.2) is 9.97 Å². The van der Waals surface area contributed by atoms with Crippen LogP contribution in [0.5, 0.6) is 0 Å². The van der Waals surface area contributed by atoms with E-state index in [1.807, 2.05) is 0 Å². The lowest BCUT2D eigenvalue weighted by molar-refractivity contribution is -0.138. The summed E-state index contributed by atoms with van der Waals surface area (Å²) in [5, 5.41) is 2.70. The molecule has 72 valence electrons. The maximum Gasteiger partial charge on any atom is 0.419 e. The Balaban J connectivity index is 2.81. The molecule has 1 aromatic rings. The van der Waals surface area contributed by atoms with Crippen LogP contribution < -0.4 is 5.32 Å². The number of rotatable bonds is 2. The van der Waals surface area contributed by atoms with Crippen LogP contribution in [0.25, 0.3) is 0 Å². The van der Waals surface area contributed by atoms with Gasteiger partial charge < -0.3 is 5.32 Å². The van der Waals surface area contributed by atoms with Crippen molar-refractivity contribution in [3.63, 3.8) is 0 Å². The fourth-order valence-electron chi connectivity index (χ4n) is 0.724. The molecule has 0 fully saturated rings. The third kappa shape index (κ3) is 2.57. The minimum atomic E-state index is -4.37. The summed E-state index contributed by atoms with van der Waals surface area (Å²) in [5.74, 6) is 0.204. The lowest BCUT2D eigenvalue weighted by atomic mass is 10.3. The molecule has 0 radical (unpaired) electrons. The zero-order valence-corrected chi connectivity index (χ0v) is 6.89. The molecular weight excluding hydrogens is 183 g/mol. The van der Waals surface area contributed by atoms with E-state index in [0.29, 0.717) is 6.54 Å². The number of anilines is 1. The third-order valence-corrected chi connectivity index (χ3v) is 1.31. The van der Waals surface area contributed by atoms with Crippen LogP contribution in [0.1, 0.15) is 12.5 Å². The molecule has 0 saturated heterocycles. The Morgan fingerprint density at radius 1 is 1.31 bits per heavy atom. The van der Waals surface area contributed by atoms with Gasteiger partial charge in [-0.05, 0) is 6.92 Å². The van der Waals surface area contributed by atoms with Crippen molar-refractivity contribution < 1.29 is 13.2 Å². The molecule has 0 aromatic carbocycles. The lowest BCUT2D eigenvalue weighted by Crippen LogP contribution is -2.08. The van der Waals surface area contributed by atoms with Crippen LogP contribution in [0.3, 0.4) is 0 Å². The first kappa shape index (κ1) is 9.76. The van der Waals surface area contributed by atoms with E-state index >= 15 is 0 Å². The predicted molar refractivity (Wildman–Crippen MR) is 41.2 cm³/mol. The van der Waals surface area contributed by atoms with Gasteiger partial charge in [0.25, 0.3) is 0 Å². The third-order valence-electron chi connectivity index (χ3n) is 1.31. The van der Waals surface area contributed by atoms with E-state index in [9.17, 15) is 13.2 Å². The summed E-state index contributed by atoms with van der Waals surface area (Å²) in [5.41, 5.74) is -0.839. The fraction of sp³-hybridized carbons (Fsp3) is 0.429. The minimum absolute atomic E-state index is 0.204. The smallest absolute Gasteiger partial charge is 0.355 e. The Kier molecular flexibility index (Phi) is 2.69. The average molecular weight is 191 g/mol. The fourth-order valence-corrected chi connectivity index (χ4v) is 0.724. The highest BCUT2D eigenvalue weighted by Crippen LogP contribution is 2.27. The first-order chi connectivity index (χ1) is 6.04. The number of alkyl halides is 3. The zero-order valence-electron chi connectivity index (χ0n) is 6.89. The van der Waals surface area contributed by atoms with Crippen LogP contribution in [-0.4, -0.2) is 16.5 Å². The number of hydrogen-bond donors (Lipinski definition) is 1. The molecule has 6 heteroatoms. The Hall–Kier alpha value is -1.33. The largest absolute Gasteiger partial charge is 0.419 e. The van der Waals surface area contributed by atoms with Crippen LogP contribution in [0, 0.1) is 0 Å². The molecule has 0 atom stereocenters. The van der Waals surface area contributed by atoms with Gasteiger partial charge in [0.1, 0.15) is 0 Å². The Labute approximate surface area is 73.0 Å². The molecule has 0 aliphatic heterocycles. The molecule has 1 rings (SSSR count). The molecule has 13 heavy (non-hydrogen) atoms. The molecule has 0 bridgehead atoms. The first-order valence-corrected chi connectivity index (χ1v) is 3.67. The standard InChI is InChI=1S/C7H8F3N3/c1-2-11-6-12-3-5(4-13-6)7(8,9)10/h3-4H,2H2,1H3,(H,11,12,13). The summed E-state index contributed by atoms with van der Waals surface area (Å²) in [6.45, 7) is 2.38. The Bertz CT molecular complexity index is 267. The van der Waals surface area contributed by atoms with Gasteiger partial charge in [0.15, 0.2) is 0 Å². The molecule has 0 spiro atoms. The second-order valence-corrected chi connectivity index (χ2v) is 2.32. The summed E-state index contributed by atoms with van der Waals surface area (Å²) >= 11 is 0. The Morgan fingerprint density at radius 3 is 2.23 bits per heavy atom. The summed E-state index contributed by atoms with van der Waals surface area (Å²) < 4.78 is 36.0. The maximum atomic E-state index is 12.0. The van der Waals surface area contributed by atoms with Crippen LogP contribution >= 0.6 is 0 Å². The van der Waals surface area contributed by atoms with Crippen molar-refractivity contribution in [2.24, 2.45) is 0 Å². The molecule has 1 N–H and O–H groups in total.